The fraction of sp³-hybridized carbons (Fsp3) is 0.714. The Hall–Kier alpha value is -0.0800. The molecule has 0 unspecified atom stereocenters. The predicted molar refractivity (Wildman–Crippen MR) is 89.6 cm³/mol. The van der Waals surface area contributed by atoms with Gasteiger partial charge in [-0.15, -0.1) is 11.3 Å². The van der Waals surface area contributed by atoms with Gasteiger partial charge in [-0.3, -0.25) is 0 Å². The summed E-state index contributed by atoms with van der Waals surface area (Å²) in [4.78, 5) is 2.44. The van der Waals surface area contributed by atoms with Gasteiger partial charge in [-0.1, -0.05) is 0 Å². The number of sulfonamides is 1. The number of thiophene rings is 1. The van der Waals surface area contributed by atoms with Crippen molar-refractivity contribution in [1.82, 2.24) is 10.0 Å². The van der Waals surface area contributed by atoms with Gasteiger partial charge in [0.2, 0.25) is 10.0 Å². The fourth-order valence-electron chi connectivity index (χ4n) is 2.31. The summed E-state index contributed by atoms with van der Waals surface area (Å²) >= 11 is 3.35. The van der Waals surface area contributed by atoms with Crippen LogP contribution in [0.25, 0.3) is 0 Å². The minimum absolute atomic E-state index is 0.146. The molecule has 0 atom stereocenters. The Morgan fingerprint density at radius 1 is 1.43 bits per heavy atom. The Kier molecular flexibility index (Phi) is 4.40. The van der Waals surface area contributed by atoms with Gasteiger partial charge in [0.05, 0.1) is 4.90 Å². The zero-order chi connectivity index (χ0) is 15.1. The molecule has 2 saturated carbocycles. The lowest BCUT2D eigenvalue weighted by atomic mass is 10.4. The van der Waals surface area contributed by atoms with E-state index >= 15 is 0 Å². The summed E-state index contributed by atoms with van der Waals surface area (Å²) in [7, 11) is -3.38. The van der Waals surface area contributed by atoms with Crippen LogP contribution in [0.5, 0.6) is 0 Å². The molecule has 3 rings (SSSR count). The standard InChI is InChI=1S/C14H22N2O2S3/c1-10-13(7-12(20-10)8-15-11-3-4-11)21(17,18)16-9-14(19-2)5-6-14/h7,11,15-16H,3-6,8-9H2,1-2H3. The Morgan fingerprint density at radius 2 is 2.14 bits per heavy atom. The lowest BCUT2D eigenvalue weighted by Crippen LogP contribution is -2.31. The van der Waals surface area contributed by atoms with Crippen LogP contribution in [0.15, 0.2) is 11.0 Å². The van der Waals surface area contributed by atoms with Gasteiger partial charge >= 0.3 is 0 Å². The van der Waals surface area contributed by atoms with Gasteiger partial charge in [0.15, 0.2) is 0 Å². The van der Waals surface area contributed by atoms with Crippen LogP contribution in [0.1, 0.15) is 35.4 Å². The van der Waals surface area contributed by atoms with Crippen LogP contribution in [-0.4, -0.2) is 32.0 Å². The van der Waals surface area contributed by atoms with E-state index < -0.39 is 10.0 Å². The first-order chi connectivity index (χ1) is 9.94. The summed E-state index contributed by atoms with van der Waals surface area (Å²) < 4.78 is 27.9. The molecule has 2 N–H and O–H groups in total. The van der Waals surface area contributed by atoms with Crippen molar-refractivity contribution >= 4 is 33.1 Å². The smallest absolute Gasteiger partial charge is 0.241 e. The molecule has 118 valence electrons. The lowest BCUT2D eigenvalue weighted by molar-refractivity contribution is 0.579. The molecule has 2 fully saturated rings. The zero-order valence-electron chi connectivity index (χ0n) is 12.4. The van der Waals surface area contributed by atoms with Crippen LogP contribution in [0.3, 0.4) is 0 Å². The summed E-state index contributed by atoms with van der Waals surface area (Å²) in [6, 6.07) is 2.47. The number of hydrogen-bond donors (Lipinski definition) is 2. The van der Waals surface area contributed by atoms with E-state index in [-0.39, 0.29) is 4.75 Å². The number of thioether (sulfide) groups is 1. The third-order valence-corrected chi connectivity index (χ3v) is 8.31. The van der Waals surface area contributed by atoms with E-state index in [0.717, 1.165) is 29.1 Å². The number of hydrogen-bond acceptors (Lipinski definition) is 5. The van der Waals surface area contributed by atoms with E-state index in [4.69, 9.17) is 0 Å². The van der Waals surface area contributed by atoms with Crippen LogP contribution < -0.4 is 10.0 Å². The number of aryl methyl sites for hydroxylation is 1. The van der Waals surface area contributed by atoms with Crippen LogP contribution in [-0.2, 0) is 16.6 Å². The van der Waals surface area contributed by atoms with Gasteiger partial charge in [0, 0.05) is 33.6 Å². The van der Waals surface area contributed by atoms with Gasteiger partial charge < -0.3 is 5.32 Å². The monoisotopic (exact) mass is 346 g/mol. The Morgan fingerprint density at radius 3 is 2.71 bits per heavy atom. The molecule has 0 saturated heterocycles. The topological polar surface area (TPSA) is 58.2 Å². The molecule has 0 amide bonds. The van der Waals surface area contributed by atoms with Crippen molar-refractivity contribution in [3.63, 3.8) is 0 Å². The maximum Gasteiger partial charge on any atom is 0.241 e. The highest BCUT2D eigenvalue weighted by atomic mass is 32.2. The van der Waals surface area contributed by atoms with Crippen molar-refractivity contribution in [2.45, 2.75) is 54.8 Å². The highest BCUT2D eigenvalue weighted by molar-refractivity contribution is 8.00. The third-order valence-electron chi connectivity index (χ3n) is 4.18. The van der Waals surface area contributed by atoms with Crippen LogP contribution in [0.4, 0.5) is 0 Å². The summed E-state index contributed by atoms with van der Waals surface area (Å²) in [5, 5.41) is 3.43. The van der Waals surface area contributed by atoms with Crippen LogP contribution in [0, 0.1) is 6.92 Å². The Balaban J connectivity index is 1.65. The average Bonchev–Trinajstić information content (AvgIpc) is 3.35. The second-order valence-electron chi connectivity index (χ2n) is 6.00. The first kappa shape index (κ1) is 15.8. The van der Waals surface area contributed by atoms with Crippen molar-refractivity contribution in [3.8, 4) is 0 Å². The van der Waals surface area contributed by atoms with Crippen molar-refractivity contribution in [2.24, 2.45) is 0 Å². The molecule has 0 spiro atoms. The molecule has 0 aromatic carbocycles. The molecular weight excluding hydrogens is 324 g/mol. The maximum atomic E-state index is 12.5. The molecule has 7 heteroatoms. The van der Waals surface area contributed by atoms with Gasteiger partial charge in [0.25, 0.3) is 0 Å². The molecule has 2 aliphatic carbocycles. The van der Waals surface area contributed by atoms with Crippen molar-refractivity contribution in [3.05, 3.63) is 15.8 Å². The van der Waals surface area contributed by atoms with E-state index in [2.05, 4.69) is 16.3 Å². The van der Waals surface area contributed by atoms with E-state index in [1.165, 1.54) is 12.8 Å². The minimum Gasteiger partial charge on any atom is -0.309 e. The molecule has 21 heavy (non-hydrogen) atoms. The lowest BCUT2D eigenvalue weighted by Gasteiger charge is -2.13. The highest BCUT2D eigenvalue weighted by Crippen LogP contribution is 2.46. The molecular formula is C14H22N2O2S3. The molecule has 0 aliphatic heterocycles. The summed E-state index contributed by atoms with van der Waals surface area (Å²) in [6.07, 6.45) is 6.76. The van der Waals surface area contributed by atoms with Crippen molar-refractivity contribution in [2.75, 3.05) is 12.8 Å². The Labute approximate surface area is 135 Å². The predicted octanol–water partition coefficient (Wildman–Crippen LogP) is 2.48. The molecule has 0 radical (unpaired) electrons. The Bertz CT molecular complexity index is 616. The average molecular weight is 347 g/mol. The van der Waals surface area contributed by atoms with Crippen molar-refractivity contribution < 1.29 is 8.42 Å². The van der Waals surface area contributed by atoms with E-state index in [1.807, 2.05) is 13.0 Å². The number of nitrogens with one attached hydrogen (secondary N) is 2. The second-order valence-corrected chi connectivity index (χ2v) is 10.4. The first-order valence-corrected chi connectivity index (χ1v) is 10.8. The van der Waals surface area contributed by atoms with Gasteiger partial charge in [0.1, 0.15) is 0 Å². The largest absolute Gasteiger partial charge is 0.309 e. The molecule has 2 aliphatic rings. The zero-order valence-corrected chi connectivity index (χ0v) is 14.9. The molecule has 1 aromatic rings. The summed E-state index contributed by atoms with van der Waals surface area (Å²) in [5.41, 5.74) is 0. The van der Waals surface area contributed by atoms with E-state index in [0.29, 0.717) is 17.5 Å². The fourth-order valence-corrected chi connectivity index (χ4v) is 5.84. The molecule has 4 nitrogen and oxygen atoms in total. The second kappa shape index (κ2) is 5.85. The number of rotatable bonds is 8. The normalized spacial score (nSPS) is 20.7. The van der Waals surface area contributed by atoms with Crippen LogP contribution >= 0.6 is 23.1 Å². The maximum absolute atomic E-state index is 12.5. The van der Waals surface area contributed by atoms with Gasteiger partial charge in [-0.25, -0.2) is 13.1 Å². The molecule has 0 bridgehead atoms. The van der Waals surface area contributed by atoms with E-state index in [9.17, 15) is 8.42 Å². The summed E-state index contributed by atoms with van der Waals surface area (Å²) in [5.74, 6) is 0. The minimum atomic E-state index is -3.38. The molecule has 1 aromatic heterocycles. The van der Waals surface area contributed by atoms with Crippen molar-refractivity contribution in [1.29, 1.82) is 0 Å². The van der Waals surface area contributed by atoms with E-state index in [1.54, 1.807) is 23.1 Å². The summed E-state index contributed by atoms with van der Waals surface area (Å²) in [6.45, 7) is 3.21. The van der Waals surface area contributed by atoms with Crippen LogP contribution in [0.2, 0.25) is 0 Å². The van der Waals surface area contributed by atoms with Gasteiger partial charge in [-0.05, 0) is 44.9 Å². The quantitative estimate of drug-likeness (QED) is 0.759. The first-order valence-electron chi connectivity index (χ1n) is 7.32. The SMILES string of the molecule is CSC1(CNS(=O)(=O)c2cc(CNC3CC3)sc2C)CC1. The highest BCUT2D eigenvalue weighted by Gasteiger charge is 2.42. The molecule has 1 heterocycles. The van der Waals surface area contributed by atoms with Gasteiger partial charge in [-0.2, -0.15) is 11.8 Å². The third kappa shape index (κ3) is 3.82.